The van der Waals surface area contributed by atoms with Gasteiger partial charge in [0.05, 0.1) is 0 Å². The second-order valence-electron chi connectivity index (χ2n) is 3.52. The zero-order chi connectivity index (χ0) is 12.3. The van der Waals surface area contributed by atoms with E-state index in [0.717, 1.165) is 5.56 Å². The quantitative estimate of drug-likeness (QED) is 0.902. The summed E-state index contributed by atoms with van der Waals surface area (Å²) in [4.78, 5) is 0. The van der Waals surface area contributed by atoms with Gasteiger partial charge in [-0.15, -0.1) is 0 Å². The van der Waals surface area contributed by atoms with Gasteiger partial charge in [0.1, 0.15) is 17.3 Å². The van der Waals surface area contributed by atoms with Gasteiger partial charge < -0.3 is 10.5 Å². The van der Waals surface area contributed by atoms with E-state index in [-0.39, 0.29) is 5.82 Å². The molecule has 0 saturated heterocycles. The van der Waals surface area contributed by atoms with E-state index in [1.807, 2.05) is 0 Å². The molecule has 0 aromatic heterocycles. The average Bonchev–Trinajstić information content (AvgIpc) is 2.29. The Morgan fingerprint density at radius 3 is 2.71 bits per heavy atom. The number of hydrogen-bond acceptors (Lipinski definition) is 2. The Morgan fingerprint density at radius 2 is 2.00 bits per heavy atom. The molecule has 88 valence electrons. The van der Waals surface area contributed by atoms with Crippen molar-refractivity contribution < 1.29 is 9.13 Å². The fraction of sp³-hybridized carbons (Fsp3) is 0.0769. The van der Waals surface area contributed by atoms with Crippen molar-refractivity contribution in [1.29, 1.82) is 0 Å². The van der Waals surface area contributed by atoms with E-state index < -0.39 is 0 Å². The Morgan fingerprint density at radius 1 is 1.18 bits per heavy atom. The van der Waals surface area contributed by atoms with Crippen LogP contribution >= 0.6 is 11.6 Å². The molecule has 2 rings (SSSR count). The summed E-state index contributed by atoms with van der Waals surface area (Å²) in [7, 11) is 0. The van der Waals surface area contributed by atoms with Crippen molar-refractivity contribution in [2.24, 2.45) is 5.73 Å². The maximum Gasteiger partial charge on any atom is 0.133 e. The Bertz CT molecular complexity index is 531. The van der Waals surface area contributed by atoms with Crippen LogP contribution in [0, 0.1) is 5.82 Å². The zero-order valence-corrected chi connectivity index (χ0v) is 9.75. The van der Waals surface area contributed by atoms with Crippen molar-refractivity contribution in [3.63, 3.8) is 0 Å². The zero-order valence-electron chi connectivity index (χ0n) is 8.99. The molecule has 0 unspecified atom stereocenters. The van der Waals surface area contributed by atoms with E-state index in [1.165, 1.54) is 12.1 Å². The Hall–Kier alpha value is -1.58. The molecule has 0 heterocycles. The highest BCUT2D eigenvalue weighted by atomic mass is 35.5. The van der Waals surface area contributed by atoms with Gasteiger partial charge in [-0.1, -0.05) is 23.7 Å². The van der Waals surface area contributed by atoms with E-state index >= 15 is 0 Å². The molecule has 0 spiro atoms. The third-order valence-corrected chi connectivity index (χ3v) is 2.51. The first-order chi connectivity index (χ1) is 8.19. The molecular weight excluding hydrogens is 241 g/mol. The summed E-state index contributed by atoms with van der Waals surface area (Å²) in [5.74, 6) is 0.617. The highest BCUT2D eigenvalue weighted by molar-refractivity contribution is 6.30. The first kappa shape index (κ1) is 11.9. The van der Waals surface area contributed by atoms with Crippen LogP contribution in [0.2, 0.25) is 5.02 Å². The van der Waals surface area contributed by atoms with Crippen LogP contribution in [0.25, 0.3) is 0 Å². The predicted octanol–water partition coefficient (Wildman–Crippen LogP) is 3.73. The molecule has 0 aliphatic heterocycles. The lowest BCUT2D eigenvalue weighted by Gasteiger charge is -2.10. The largest absolute Gasteiger partial charge is 0.457 e. The maximum atomic E-state index is 13.0. The van der Waals surface area contributed by atoms with Gasteiger partial charge >= 0.3 is 0 Å². The fourth-order valence-corrected chi connectivity index (χ4v) is 1.61. The van der Waals surface area contributed by atoms with E-state index in [9.17, 15) is 4.39 Å². The van der Waals surface area contributed by atoms with Crippen LogP contribution in [-0.2, 0) is 6.54 Å². The number of ether oxygens (including phenoxy) is 1. The van der Waals surface area contributed by atoms with Crippen molar-refractivity contribution in [3.05, 3.63) is 58.9 Å². The minimum absolute atomic E-state index is 0.335. The van der Waals surface area contributed by atoms with Crippen LogP contribution in [0.4, 0.5) is 4.39 Å². The molecule has 0 atom stereocenters. The third kappa shape index (κ3) is 2.96. The van der Waals surface area contributed by atoms with Crippen molar-refractivity contribution >= 4 is 11.6 Å². The molecule has 2 N–H and O–H groups in total. The molecule has 2 aromatic carbocycles. The number of halogens is 2. The molecule has 0 fully saturated rings. The predicted molar refractivity (Wildman–Crippen MR) is 65.8 cm³/mol. The SMILES string of the molecule is NCc1ccc(Cl)cc1Oc1cccc(F)c1. The summed E-state index contributed by atoms with van der Waals surface area (Å²) in [6.45, 7) is 0.335. The Balaban J connectivity index is 2.32. The summed E-state index contributed by atoms with van der Waals surface area (Å²) < 4.78 is 18.6. The van der Waals surface area contributed by atoms with Gasteiger partial charge in [0, 0.05) is 23.2 Å². The lowest BCUT2D eigenvalue weighted by atomic mass is 10.2. The highest BCUT2D eigenvalue weighted by Gasteiger charge is 2.05. The lowest BCUT2D eigenvalue weighted by Crippen LogP contribution is -1.99. The van der Waals surface area contributed by atoms with Crippen LogP contribution in [0.15, 0.2) is 42.5 Å². The Labute approximate surface area is 104 Å². The highest BCUT2D eigenvalue weighted by Crippen LogP contribution is 2.28. The van der Waals surface area contributed by atoms with Crippen molar-refractivity contribution in [1.82, 2.24) is 0 Å². The monoisotopic (exact) mass is 251 g/mol. The normalized spacial score (nSPS) is 10.3. The van der Waals surface area contributed by atoms with Gasteiger partial charge in [-0.2, -0.15) is 0 Å². The second kappa shape index (κ2) is 5.17. The van der Waals surface area contributed by atoms with Gasteiger partial charge in [-0.05, 0) is 24.3 Å². The van der Waals surface area contributed by atoms with Crippen LogP contribution in [0.1, 0.15) is 5.56 Å². The first-order valence-corrected chi connectivity index (χ1v) is 5.49. The summed E-state index contributed by atoms with van der Waals surface area (Å²) in [5, 5.41) is 0.550. The Kier molecular flexibility index (Phi) is 3.61. The molecule has 0 bridgehead atoms. The van der Waals surface area contributed by atoms with Crippen LogP contribution in [0.3, 0.4) is 0 Å². The summed E-state index contributed by atoms with van der Waals surface area (Å²) >= 11 is 5.88. The fourth-order valence-electron chi connectivity index (χ4n) is 1.45. The standard InChI is InChI=1S/C13H11ClFNO/c14-10-5-4-9(8-16)13(6-10)17-12-3-1-2-11(15)7-12/h1-7H,8,16H2. The lowest BCUT2D eigenvalue weighted by molar-refractivity contribution is 0.471. The summed E-state index contributed by atoms with van der Waals surface area (Å²) in [6, 6.07) is 11.1. The third-order valence-electron chi connectivity index (χ3n) is 2.27. The summed E-state index contributed by atoms with van der Waals surface area (Å²) in [5.41, 5.74) is 6.41. The van der Waals surface area contributed by atoms with Gasteiger partial charge in [-0.25, -0.2) is 4.39 Å². The first-order valence-electron chi connectivity index (χ1n) is 5.11. The number of nitrogens with two attached hydrogens (primary N) is 1. The van der Waals surface area contributed by atoms with Crippen LogP contribution in [0.5, 0.6) is 11.5 Å². The second-order valence-corrected chi connectivity index (χ2v) is 3.95. The molecule has 0 radical (unpaired) electrons. The molecule has 17 heavy (non-hydrogen) atoms. The van der Waals surface area contributed by atoms with Gasteiger partial charge in [0.2, 0.25) is 0 Å². The van der Waals surface area contributed by atoms with Gasteiger partial charge in [-0.3, -0.25) is 0 Å². The molecule has 0 amide bonds. The molecule has 0 aliphatic carbocycles. The maximum absolute atomic E-state index is 13.0. The average molecular weight is 252 g/mol. The molecule has 4 heteroatoms. The molecular formula is C13H11ClFNO. The molecule has 0 saturated carbocycles. The number of hydrogen-bond donors (Lipinski definition) is 1. The van der Waals surface area contributed by atoms with Crippen molar-refractivity contribution in [3.8, 4) is 11.5 Å². The number of benzene rings is 2. The van der Waals surface area contributed by atoms with E-state index in [2.05, 4.69) is 0 Å². The molecule has 2 nitrogen and oxygen atoms in total. The number of rotatable bonds is 3. The molecule has 0 aliphatic rings. The van der Waals surface area contributed by atoms with Crippen LogP contribution < -0.4 is 10.5 Å². The van der Waals surface area contributed by atoms with Gasteiger partial charge in [0.25, 0.3) is 0 Å². The van der Waals surface area contributed by atoms with Crippen molar-refractivity contribution in [2.75, 3.05) is 0 Å². The topological polar surface area (TPSA) is 35.2 Å². The van der Waals surface area contributed by atoms with Crippen molar-refractivity contribution in [2.45, 2.75) is 6.54 Å². The van der Waals surface area contributed by atoms with E-state index in [1.54, 1.807) is 30.3 Å². The van der Waals surface area contributed by atoms with Gasteiger partial charge in [0.15, 0.2) is 0 Å². The van der Waals surface area contributed by atoms with Crippen LogP contribution in [-0.4, -0.2) is 0 Å². The minimum atomic E-state index is -0.348. The van der Waals surface area contributed by atoms with E-state index in [4.69, 9.17) is 22.1 Å². The summed E-state index contributed by atoms with van der Waals surface area (Å²) in [6.07, 6.45) is 0. The minimum Gasteiger partial charge on any atom is -0.457 e. The smallest absolute Gasteiger partial charge is 0.133 e. The van der Waals surface area contributed by atoms with E-state index in [0.29, 0.717) is 23.1 Å². The molecule has 2 aromatic rings.